The lowest BCUT2D eigenvalue weighted by atomic mass is 10.0. The molecule has 0 bridgehead atoms. The van der Waals surface area contributed by atoms with Gasteiger partial charge >= 0.3 is 0 Å². The molecular formula is C21H17N3. The highest BCUT2D eigenvalue weighted by atomic mass is 15.2. The highest BCUT2D eigenvalue weighted by Crippen LogP contribution is 2.30. The van der Waals surface area contributed by atoms with Gasteiger partial charge in [-0.2, -0.15) is 0 Å². The molecule has 3 nitrogen and oxygen atoms in total. The molecule has 1 aromatic heterocycles. The number of nitrogens with zero attached hydrogens (tertiary/aromatic N) is 2. The van der Waals surface area contributed by atoms with Crippen molar-refractivity contribution in [3.05, 3.63) is 84.4 Å². The molecule has 4 rings (SSSR count). The summed E-state index contributed by atoms with van der Waals surface area (Å²) >= 11 is 0. The van der Waals surface area contributed by atoms with E-state index in [-0.39, 0.29) is 0 Å². The Morgan fingerprint density at radius 2 is 1.33 bits per heavy atom. The van der Waals surface area contributed by atoms with Crippen molar-refractivity contribution < 1.29 is 0 Å². The monoisotopic (exact) mass is 311 g/mol. The number of fused-ring (bicyclic) bond motifs is 1. The summed E-state index contributed by atoms with van der Waals surface area (Å²) in [5, 5.41) is 14.4. The number of hydrogen-bond donors (Lipinski definition) is 1. The molecule has 3 aromatic carbocycles. The maximum atomic E-state index is 4.49. The molecule has 0 aliphatic heterocycles. The van der Waals surface area contributed by atoms with Gasteiger partial charge in [-0.05, 0) is 19.1 Å². The van der Waals surface area contributed by atoms with Crippen LogP contribution in [0.4, 0.5) is 11.5 Å². The summed E-state index contributed by atoms with van der Waals surface area (Å²) in [6, 6.07) is 26.6. The van der Waals surface area contributed by atoms with Gasteiger partial charge in [0.15, 0.2) is 5.82 Å². The van der Waals surface area contributed by atoms with E-state index in [1.807, 2.05) is 42.5 Å². The Bertz CT molecular complexity index is 977. The van der Waals surface area contributed by atoms with Gasteiger partial charge in [-0.15, -0.1) is 10.2 Å². The van der Waals surface area contributed by atoms with Crippen LogP contribution in [0, 0.1) is 6.92 Å². The molecule has 0 unspecified atom stereocenters. The Balaban J connectivity index is 1.84. The highest BCUT2D eigenvalue weighted by Gasteiger charge is 2.10. The lowest BCUT2D eigenvalue weighted by Crippen LogP contribution is -1.99. The summed E-state index contributed by atoms with van der Waals surface area (Å²) in [5.41, 5.74) is 4.22. The number of aryl methyl sites for hydroxylation is 1. The standard InChI is InChI=1S/C21H17N3/c1-15-11-13-16(14-12-15)20-18-9-5-6-10-19(18)21(24-23-20)22-17-7-3-2-4-8-17/h2-14H,1H3,(H,22,24). The van der Waals surface area contributed by atoms with Crippen molar-refractivity contribution >= 4 is 22.3 Å². The third-order valence-electron chi connectivity index (χ3n) is 4.05. The summed E-state index contributed by atoms with van der Waals surface area (Å²) in [6.45, 7) is 2.08. The molecule has 1 heterocycles. The maximum absolute atomic E-state index is 4.49. The molecule has 0 fully saturated rings. The first-order valence-electron chi connectivity index (χ1n) is 7.96. The van der Waals surface area contributed by atoms with Crippen LogP contribution in [0.25, 0.3) is 22.0 Å². The second-order valence-electron chi connectivity index (χ2n) is 5.80. The van der Waals surface area contributed by atoms with Crippen LogP contribution in [0.15, 0.2) is 78.9 Å². The zero-order chi connectivity index (χ0) is 16.4. The molecule has 0 spiro atoms. The summed E-state index contributed by atoms with van der Waals surface area (Å²) in [6.07, 6.45) is 0. The van der Waals surface area contributed by atoms with E-state index in [1.54, 1.807) is 0 Å². The van der Waals surface area contributed by atoms with Crippen molar-refractivity contribution in [3.8, 4) is 11.3 Å². The zero-order valence-electron chi connectivity index (χ0n) is 13.4. The molecule has 0 radical (unpaired) electrons. The second kappa shape index (κ2) is 6.13. The fraction of sp³-hybridized carbons (Fsp3) is 0.0476. The van der Waals surface area contributed by atoms with Gasteiger partial charge < -0.3 is 5.32 Å². The third-order valence-corrected chi connectivity index (χ3v) is 4.05. The molecule has 116 valence electrons. The number of aromatic nitrogens is 2. The minimum Gasteiger partial charge on any atom is -0.338 e. The van der Waals surface area contributed by atoms with Crippen LogP contribution >= 0.6 is 0 Å². The molecular weight excluding hydrogens is 294 g/mol. The van der Waals surface area contributed by atoms with Gasteiger partial charge in [-0.1, -0.05) is 72.3 Å². The Morgan fingerprint density at radius 3 is 2.08 bits per heavy atom. The van der Waals surface area contributed by atoms with E-state index in [1.165, 1.54) is 5.56 Å². The van der Waals surface area contributed by atoms with Gasteiger partial charge in [0.25, 0.3) is 0 Å². The van der Waals surface area contributed by atoms with E-state index >= 15 is 0 Å². The number of hydrogen-bond acceptors (Lipinski definition) is 3. The number of nitrogens with one attached hydrogen (secondary N) is 1. The Morgan fingerprint density at radius 1 is 0.667 bits per heavy atom. The highest BCUT2D eigenvalue weighted by molar-refractivity contribution is 6.00. The lowest BCUT2D eigenvalue weighted by molar-refractivity contribution is 1.06. The van der Waals surface area contributed by atoms with Crippen molar-refractivity contribution in [2.24, 2.45) is 0 Å². The topological polar surface area (TPSA) is 37.8 Å². The second-order valence-corrected chi connectivity index (χ2v) is 5.80. The molecule has 24 heavy (non-hydrogen) atoms. The number of rotatable bonds is 3. The normalized spacial score (nSPS) is 10.7. The summed E-state index contributed by atoms with van der Waals surface area (Å²) in [4.78, 5) is 0. The van der Waals surface area contributed by atoms with E-state index in [0.717, 1.165) is 33.5 Å². The molecule has 0 atom stereocenters. The summed E-state index contributed by atoms with van der Waals surface area (Å²) in [5.74, 6) is 0.771. The molecule has 0 saturated carbocycles. The predicted molar refractivity (Wildman–Crippen MR) is 99.4 cm³/mol. The quantitative estimate of drug-likeness (QED) is 0.554. The minimum atomic E-state index is 0.771. The van der Waals surface area contributed by atoms with Crippen LogP contribution in [0.2, 0.25) is 0 Å². The molecule has 4 aromatic rings. The van der Waals surface area contributed by atoms with Gasteiger partial charge in [-0.3, -0.25) is 0 Å². The van der Waals surface area contributed by atoms with Crippen LogP contribution in [-0.2, 0) is 0 Å². The Kier molecular flexibility index (Phi) is 3.67. The van der Waals surface area contributed by atoms with Crippen LogP contribution in [0.5, 0.6) is 0 Å². The minimum absolute atomic E-state index is 0.771. The zero-order valence-corrected chi connectivity index (χ0v) is 13.4. The largest absolute Gasteiger partial charge is 0.338 e. The molecule has 0 amide bonds. The lowest BCUT2D eigenvalue weighted by Gasteiger charge is -2.11. The van der Waals surface area contributed by atoms with E-state index in [2.05, 4.69) is 58.8 Å². The number of benzene rings is 3. The Hall–Kier alpha value is -3.20. The van der Waals surface area contributed by atoms with Crippen molar-refractivity contribution in [3.63, 3.8) is 0 Å². The van der Waals surface area contributed by atoms with Gasteiger partial charge in [-0.25, -0.2) is 0 Å². The van der Waals surface area contributed by atoms with Crippen LogP contribution in [-0.4, -0.2) is 10.2 Å². The first-order valence-corrected chi connectivity index (χ1v) is 7.96. The molecule has 3 heteroatoms. The van der Waals surface area contributed by atoms with E-state index in [9.17, 15) is 0 Å². The third kappa shape index (κ3) is 2.72. The number of anilines is 2. The predicted octanol–water partition coefficient (Wildman–Crippen LogP) is 5.35. The molecule has 0 aliphatic carbocycles. The van der Waals surface area contributed by atoms with Crippen molar-refractivity contribution in [2.45, 2.75) is 6.92 Å². The Labute approximate surface area is 141 Å². The SMILES string of the molecule is Cc1ccc(-c2nnc(Nc3ccccc3)c3ccccc23)cc1. The molecule has 0 saturated heterocycles. The first kappa shape index (κ1) is 14.4. The van der Waals surface area contributed by atoms with Crippen molar-refractivity contribution in [1.29, 1.82) is 0 Å². The average molecular weight is 311 g/mol. The summed E-state index contributed by atoms with van der Waals surface area (Å²) in [7, 11) is 0. The van der Waals surface area contributed by atoms with E-state index < -0.39 is 0 Å². The summed E-state index contributed by atoms with van der Waals surface area (Å²) < 4.78 is 0. The fourth-order valence-corrected chi connectivity index (χ4v) is 2.78. The average Bonchev–Trinajstić information content (AvgIpc) is 2.64. The van der Waals surface area contributed by atoms with E-state index in [4.69, 9.17) is 0 Å². The molecule has 0 aliphatic rings. The van der Waals surface area contributed by atoms with Gasteiger partial charge in [0, 0.05) is 22.0 Å². The smallest absolute Gasteiger partial charge is 0.161 e. The van der Waals surface area contributed by atoms with Gasteiger partial charge in [0.2, 0.25) is 0 Å². The van der Waals surface area contributed by atoms with Crippen molar-refractivity contribution in [2.75, 3.05) is 5.32 Å². The molecule has 1 N–H and O–H groups in total. The van der Waals surface area contributed by atoms with Crippen LogP contribution in [0.1, 0.15) is 5.56 Å². The van der Waals surface area contributed by atoms with Crippen molar-refractivity contribution in [1.82, 2.24) is 10.2 Å². The first-order chi connectivity index (χ1) is 11.8. The van der Waals surface area contributed by atoms with E-state index in [0.29, 0.717) is 0 Å². The van der Waals surface area contributed by atoms with Crippen LogP contribution < -0.4 is 5.32 Å². The van der Waals surface area contributed by atoms with Gasteiger partial charge in [0.05, 0.1) is 0 Å². The number of para-hydroxylation sites is 1. The van der Waals surface area contributed by atoms with Gasteiger partial charge in [0.1, 0.15) is 5.69 Å². The van der Waals surface area contributed by atoms with Crippen LogP contribution in [0.3, 0.4) is 0 Å². The fourth-order valence-electron chi connectivity index (χ4n) is 2.78. The maximum Gasteiger partial charge on any atom is 0.161 e.